The van der Waals surface area contributed by atoms with E-state index < -0.39 is 10.0 Å². The minimum atomic E-state index is -3.74. The lowest BCUT2D eigenvalue weighted by Gasteiger charge is -2.07. The molecule has 0 aliphatic rings. The van der Waals surface area contributed by atoms with Crippen molar-refractivity contribution < 1.29 is 17.7 Å². The molecule has 1 aromatic heterocycles. The van der Waals surface area contributed by atoms with Gasteiger partial charge in [-0.2, -0.15) is 0 Å². The smallest absolute Gasteiger partial charge is 0.264 e. The van der Waals surface area contributed by atoms with E-state index in [0.717, 1.165) is 0 Å². The first-order valence-corrected chi connectivity index (χ1v) is 8.44. The van der Waals surface area contributed by atoms with Crippen molar-refractivity contribution in [2.24, 2.45) is 0 Å². The number of halogens is 1. The van der Waals surface area contributed by atoms with Crippen LogP contribution in [0.2, 0.25) is 0 Å². The molecule has 114 valence electrons. The summed E-state index contributed by atoms with van der Waals surface area (Å²) in [5, 5.41) is 3.81. The predicted molar refractivity (Wildman–Crippen MR) is 82.1 cm³/mol. The molecule has 8 heteroatoms. The molecule has 0 amide bonds. The molecular formula is C13H15BrN2O4S. The highest BCUT2D eigenvalue weighted by molar-refractivity contribution is 9.10. The van der Waals surface area contributed by atoms with Crippen LogP contribution in [0.25, 0.3) is 0 Å². The summed E-state index contributed by atoms with van der Waals surface area (Å²) in [6, 6.07) is 6.05. The number of benzene rings is 1. The molecule has 6 nitrogen and oxygen atoms in total. The maximum absolute atomic E-state index is 12.3. The van der Waals surface area contributed by atoms with E-state index in [9.17, 15) is 8.42 Å². The van der Waals surface area contributed by atoms with Crippen LogP contribution in [-0.4, -0.2) is 20.7 Å². The molecule has 0 spiro atoms. The number of nitrogens with zero attached hydrogens (tertiary/aromatic N) is 1. The third-order valence-electron chi connectivity index (χ3n) is 2.79. The van der Waals surface area contributed by atoms with E-state index in [1.54, 1.807) is 12.1 Å². The summed E-state index contributed by atoms with van der Waals surface area (Å²) in [7, 11) is -2.23. The number of anilines is 1. The second-order valence-electron chi connectivity index (χ2n) is 4.67. The zero-order chi connectivity index (χ0) is 15.6. The number of aromatic nitrogens is 1. The van der Waals surface area contributed by atoms with E-state index in [2.05, 4.69) is 25.8 Å². The first-order chi connectivity index (χ1) is 9.83. The lowest BCUT2D eigenvalue weighted by molar-refractivity contribution is 0.411. The van der Waals surface area contributed by atoms with Crippen LogP contribution in [-0.2, 0) is 10.0 Å². The van der Waals surface area contributed by atoms with Gasteiger partial charge in [0.05, 0.1) is 22.2 Å². The average Bonchev–Trinajstić information content (AvgIpc) is 2.86. The average molecular weight is 375 g/mol. The molecule has 0 saturated heterocycles. The number of hydrogen-bond acceptors (Lipinski definition) is 5. The molecule has 0 saturated carbocycles. The molecule has 0 aliphatic carbocycles. The highest BCUT2D eigenvalue weighted by Gasteiger charge is 2.19. The van der Waals surface area contributed by atoms with Crippen molar-refractivity contribution >= 4 is 31.8 Å². The molecule has 0 atom stereocenters. The van der Waals surface area contributed by atoms with E-state index in [1.807, 2.05) is 13.8 Å². The van der Waals surface area contributed by atoms with Crippen molar-refractivity contribution in [2.45, 2.75) is 24.7 Å². The predicted octanol–water partition coefficient (Wildman–Crippen LogP) is 3.37. The van der Waals surface area contributed by atoms with Gasteiger partial charge in [0.25, 0.3) is 10.0 Å². The first-order valence-electron chi connectivity index (χ1n) is 6.16. The van der Waals surface area contributed by atoms with Gasteiger partial charge in [-0.3, -0.25) is 0 Å². The van der Waals surface area contributed by atoms with Crippen LogP contribution < -0.4 is 9.46 Å². The fourth-order valence-electron chi connectivity index (χ4n) is 1.61. The number of nitrogens with one attached hydrogen (secondary N) is 1. The minimum Gasteiger partial charge on any atom is -0.496 e. The lowest BCUT2D eigenvalue weighted by atomic mass is 10.1. The molecule has 21 heavy (non-hydrogen) atoms. The van der Waals surface area contributed by atoms with Crippen molar-refractivity contribution in [1.82, 2.24) is 5.16 Å². The monoisotopic (exact) mass is 374 g/mol. The van der Waals surface area contributed by atoms with Gasteiger partial charge in [-0.15, -0.1) is 0 Å². The molecule has 1 heterocycles. The molecule has 0 aliphatic heterocycles. The summed E-state index contributed by atoms with van der Waals surface area (Å²) >= 11 is 3.26. The summed E-state index contributed by atoms with van der Waals surface area (Å²) in [5.74, 6) is 0.795. The summed E-state index contributed by atoms with van der Waals surface area (Å²) in [6.07, 6.45) is 0. The maximum Gasteiger partial charge on any atom is 0.264 e. The zero-order valence-electron chi connectivity index (χ0n) is 11.8. The fourth-order valence-corrected chi connectivity index (χ4v) is 3.31. The van der Waals surface area contributed by atoms with Crippen molar-refractivity contribution in [1.29, 1.82) is 0 Å². The molecule has 0 unspecified atom stereocenters. The van der Waals surface area contributed by atoms with Crippen LogP contribution in [0.15, 0.2) is 38.2 Å². The SMILES string of the molecule is COc1ccc(S(=O)(=O)Nc2cc(C(C)C)no2)cc1Br. The topological polar surface area (TPSA) is 81.4 Å². The van der Waals surface area contributed by atoms with Gasteiger partial charge in [0.15, 0.2) is 0 Å². The Morgan fingerprint density at radius 3 is 2.57 bits per heavy atom. The van der Waals surface area contributed by atoms with Crippen molar-refractivity contribution in [3.05, 3.63) is 34.4 Å². The molecule has 1 aromatic carbocycles. The molecule has 0 bridgehead atoms. The van der Waals surface area contributed by atoms with Crippen LogP contribution in [0.4, 0.5) is 5.88 Å². The van der Waals surface area contributed by atoms with Crippen LogP contribution in [0.3, 0.4) is 0 Å². The van der Waals surface area contributed by atoms with Gasteiger partial charge in [0.1, 0.15) is 5.75 Å². The Kier molecular flexibility index (Phi) is 4.58. The van der Waals surface area contributed by atoms with E-state index in [1.165, 1.54) is 19.2 Å². The second kappa shape index (κ2) is 6.07. The number of ether oxygens (including phenoxy) is 1. The third-order valence-corrected chi connectivity index (χ3v) is 4.75. The molecular weight excluding hydrogens is 360 g/mol. The number of sulfonamides is 1. The normalized spacial score (nSPS) is 11.7. The van der Waals surface area contributed by atoms with Crippen LogP contribution >= 0.6 is 15.9 Å². The molecule has 0 radical (unpaired) electrons. The number of hydrogen-bond donors (Lipinski definition) is 1. The molecule has 2 aromatic rings. The zero-order valence-corrected chi connectivity index (χ0v) is 14.2. The van der Waals surface area contributed by atoms with Crippen molar-refractivity contribution in [2.75, 3.05) is 11.8 Å². The Bertz CT molecular complexity index is 740. The lowest BCUT2D eigenvalue weighted by Crippen LogP contribution is -2.12. The maximum atomic E-state index is 12.3. The van der Waals surface area contributed by atoms with Gasteiger partial charge < -0.3 is 9.26 Å². The highest BCUT2D eigenvalue weighted by Crippen LogP contribution is 2.28. The van der Waals surface area contributed by atoms with E-state index in [0.29, 0.717) is 15.9 Å². The minimum absolute atomic E-state index is 0.0886. The summed E-state index contributed by atoms with van der Waals surface area (Å²) in [6.45, 7) is 3.88. The number of rotatable bonds is 5. The van der Waals surface area contributed by atoms with E-state index in [4.69, 9.17) is 9.26 Å². The number of methoxy groups -OCH3 is 1. The van der Waals surface area contributed by atoms with E-state index in [-0.39, 0.29) is 16.7 Å². The summed E-state index contributed by atoms with van der Waals surface area (Å²) in [5.41, 5.74) is 0.684. The summed E-state index contributed by atoms with van der Waals surface area (Å²) in [4.78, 5) is 0.0951. The van der Waals surface area contributed by atoms with Crippen LogP contribution in [0.1, 0.15) is 25.5 Å². The van der Waals surface area contributed by atoms with Gasteiger partial charge in [-0.1, -0.05) is 19.0 Å². The quantitative estimate of drug-likeness (QED) is 0.867. The Hall–Kier alpha value is -1.54. The Morgan fingerprint density at radius 2 is 2.05 bits per heavy atom. The van der Waals surface area contributed by atoms with Gasteiger partial charge in [0, 0.05) is 6.07 Å². The van der Waals surface area contributed by atoms with E-state index >= 15 is 0 Å². The Morgan fingerprint density at radius 1 is 1.33 bits per heavy atom. The standard InChI is InChI=1S/C13H15BrN2O4S/c1-8(2)11-7-13(20-15-11)16-21(17,18)9-4-5-12(19-3)10(14)6-9/h4-8,16H,1-3H3. The highest BCUT2D eigenvalue weighted by atomic mass is 79.9. The first kappa shape index (κ1) is 15.8. The Balaban J connectivity index is 2.27. The molecule has 0 fully saturated rings. The Labute approximate surface area is 131 Å². The largest absolute Gasteiger partial charge is 0.496 e. The molecule has 2 rings (SSSR count). The van der Waals surface area contributed by atoms with Crippen molar-refractivity contribution in [3.8, 4) is 5.75 Å². The van der Waals surface area contributed by atoms with Crippen LogP contribution in [0, 0.1) is 0 Å². The third kappa shape index (κ3) is 3.56. The van der Waals surface area contributed by atoms with Gasteiger partial charge in [-0.25, -0.2) is 13.1 Å². The van der Waals surface area contributed by atoms with Gasteiger partial charge in [-0.05, 0) is 40.0 Å². The fraction of sp³-hybridized carbons (Fsp3) is 0.308. The van der Waals surface area contributed by atoms with Gasteiger partial charge >= 0.3 is 0 Å². The van der Waals surface area contributed by atoms with Crippen LogP contribution in [0.5, 0.6) is 5.75 Å². The summed E-state index contributed by atoms with van der Waals surface area (Å²) < 4.78 is 37.5. The van der Waals surface area contributed by atoms with Gasteiger partial charge in [0.2, 0.25) is 5.88 Å². The second-order valence-corrected chi connectivity index (χ2v) is 7.21. The molecule has 1 N–H and O–H groups in total. The van der Waals surface area contributed by atoms with Crippen molar-refractivity contribution in [3.63, 3.8) is 0 Å².